The van der Waals surface area contributed by atoms with E-state index >= 15 is 0 Å². The maximum atomic E-state index is 6.04. The second-order valence-electron chi connectivity index (χ2n) is 6.81. The highest BCUT2D eigenvalue weighted by Gasteiger charge is 2.24. The molecule has 0 saturated carbocycles. The number of nitrogens with one attached hydrogen (secondary N) is 2. The van der Waals surface area contributed by atoms with E-state index in [1.807, 2.05) is 48.5 Å². The Kier molecular flexibility index (Phi) is 8.46. The standard InChI is InChI=1S/C20H22Cl2N8S2/c21-15-5-1-13(2-6-15)17(25-27-19(23)31)29-9-11-30(12-10-29)18(26-28-20(24)32)14-3-7-16(22)8-4-14/h1-8H,9-12H2,(H3,23,27,31)(H3,24,28,32)/b25-17-,26-18-. The lowest BCUT2D eigenvalue weighted by atomic mass is 10.1. The van der Waals surface area contributed by atoms with Crippen LogP contribution in [0.3, 0.4) is 0 Å². The number of rotatable bonds is 4. The Labute approximate surface area is 207 Å². The minimum atomic E-state index is 0.0936. The van der Waals surface area contributed by atoms with Gasteiger partial charge in [0.05, 0.1) is 0 Å². The molecule has 1 fully saturated rings. The van der Waals surface area contributed by atoms with E-state index in [4.69, 9.17) is 59.1 Å². The lowest BCUT2D eigenvalue weighted by Crippen LogP contribution is -2.52. The molecule has 32 heavy (non-hydrogen) atoms. The first kappa shape index (κ1) is 24.0. The molecule has 0 radical (unpaired) electrons. The average molecular weight is 509 g/mol. The third-order valence-corrected chi connectivity index (χ3v) is 5.31. The van der Waals surface area contributed by atoms with Gasteiger partial charge in [0, 0.05) is 47.4 Å². The van der Waals surface area contributed by atoms with Gasteiger partial charge in [-0.3, -0.25) is 10.9 Å². The Morgan fingerprint density at radius 1 is 0.688 bits per heavy atom. The van der Waals surface area contributed by atoms with E-state index < -0.39 is 0 Å². The van der Waals surface area contributed by atoms with Gasteiger partial charge in [-0.25, -0.2) is 0 Å². The van der Waals surface area contributed by atoms with Gasteiger partial charge < -0.3 is 21.3 Å². The number of piperazine rings is 1. The summed E-state index contributed by atoms with van der Waals surface area (Å²) in [4.78, 5) is 4.29. The predicted octanol–water partition coefficient (Wildman–Crippen LogP) is 2.30. The molecule has 168 valence electrons. The van der Waals surface area contributed by atoms with Crippen molar-refractivity contribution in [1.29, 1.82) is 0 Å². The molecule has 0 amide bonds. The zero-order valence-electron chi connectivity index (χ0n) is 17.0. The fraction of sp³-hybridized carbons (Fsp3) is 0.200. The van der Waals surface area contributed by atoms with Crippen molar-refractivity contribution >= 4 is 69.5 Å². The summed E-state index contributed by atoms with van der Waals surface area (Å²) in [6, 6.07) is 14.9. The summed E-state index contributed by atoms with van der Waals surface area (Å²) >= 11 is 21.9. The van der Waals surface area contributed by atoms with Crippen LogP contribution >= 0.6 is 47.6 Å². The van der Waals surface area contributed by atoms with Crippen LogP contribution < -0.4 is 22.3 Å². The highest BCUT2D eigenvalue weighted by molar-refractivity contribution is 7.80. The SMILES string of the molecule is NC(=S)N/N=C(/c1ccc(Cl)cc1)N1CCN(/C(=N\NC(N)=S)c2ccc(Cl)cc2)CC1. The molecule has 1 saturated heterocycles. The molecule has 1 aliphatic heterocycles. The minimum absolute atomic E-state index is 0.0936. The zero-order chi connectivity index (χ0) is 23.1. The predicted molar refractivity (Wildman–Crippen MR) is 139 cm³/mol. The summed E-state index contributed by atoms with van der Waals surface area (Å²) in [6.07, 6.45) is 0. The molecule has 8 nitrogen and oxygen atoms in total. The van der Waals surface area contributed by atoms with Gasteiger partial charge in [0.2, 0.25) is 0 Å². The van der Waals surface area contributed by atoms with Crippen molar-refractivity contribution in [2.45, 2.75) is 0 Å². The Morgan fingerprint density at radius 2 is 1.00 bits per heavy atom. The molecular weight excluding hydrogens is 487 g/mol. The van der Waals surface area contributed by atoms with Crippen molar-refractivity contribution in [3.8, 4) is 0 Å². The van der Waals surface area contributed by atoms with Crippen LogP contribution in [0.5, 0.6) is 0 Å². The number of nitrogens with two attached hydrogens (primary N) is 2. The Balaban J connectivity index is 1.80. The minimum Gasteiger partial charge on any atom is -0.375 e. The maximum absolute atomic E-state index is 6.04. The average Bonchev–Trinajstić information content (AvgIpc) is 2.77. The molecule has 0 bridgehead atoms. The molecule has 0 unspecified atom stereocenters. The van der Waals surface area contributed by atoms with Crippen LogP contribution in [-0.4, -0.2) is 57.9 Å². The molecule has 1 heterocycles. The molecule has 0 aromatic heterocycles. The summed E-state index contributed by atoms with van der Waals surface area (Å²) in [7, 11) is 0. The van der Waals surface area contributed by atoms with Gasteiger partial charge in [-0.2, -0.15) is 10.2 Å². The van der Waals surface area contributed by atoms with Gasteiger partial charge >= 0.3 is 0 Å². The number of nitrogens with zero attached hydrogens (tertiary/aromatic N) is 4. The highest BCUT2D eigenvalue weighted by atomic mass is 35.5. The van der Waals surface area contributed by atoms with E-state index in [1.165, 1.54) is 0 Å². The molecule has 1 aliphatic rings. The van der Waals surface area contributed by atoms with Crippen molar-refractivity contribution in [3.63, 3.8) is 0 Å². The highest BCUT2D eigenvalue weighted by Crippen LogP contribution is 2.17. The quantitative estimate of drug-likeness (QED) is 0.215. The number of amidine groups is 2. The van der Waals surface area contributed by atoms with Crippen molar-refractivity contribution in [3.05, 3.63) is 69.7 Å². The number of hydrogen-bond acceptors (Lipinski definition) is 4. The zero-order valence-corrected chi connectivity index (χ0v) is 20.1. The summed E-state index contributed by atoms with van der Waals surface area (Å²) in [5.74, 6) is 1.45. The molecule has 2 aromatic rings. The third-order valence-electron chi connectivity index (χ3n) is 4.63. The fourth-order valence-electron chi connectivity index (χ4n) is 3.18. The van der Waals surface area contributed by atoms with Crippen LogP contribution in [0.4, 0.5) is 0 Å². The van der Waals surface area contributed by atoms with Crippen LogP contribution in [0.2, 0.25) is 10.0 Å². The summed E-state index contributed by atoms with van der Waals surface area (Å²) in [5, 5.41) is 10.3. The van der Waals surface area contributed by atoms with E-state index in [-0.39, 0.29) is 10.2 Å². The molecular formula is C20H22Cl2N8S2. The first-order valence-corrected chi connectivity index (χ1v) is 11.2. The monoisotopic (exact) mass is 508 g/mol. The normalized spacial score (nSPS) is 14.8. The van der Waals surface area contributed by atoms with Gasteiger partial charge in [-0.15, -0.1) is 0 Å². The summed E-state index contributed by atoms with van der Waals surface area (Å²) in [5.41, 5.74) is 18.3. The molecule has 12 heteroatoms. The van der Waals surface area contributed by atoms with E-state index in [0.717, 1.165) is 22.8 Å². The van der Waals surface area contributed by atoms with Crippen LogP contribution in [0.15, 0.2) is 58.7 Å². The van der Waals surface area contributed by atoms with E-state index in [9.17, 15) is 0 Å². The second kappa shape index (κ2) is 11.3. The van der Waals surface area contributed by atoms with Gasteiger partial charge in [0.25, 0.3) is 0 Å². The van der Waals surface area contributed by atoms with Crippen molar-refractivity contribution in [2.75, 3.05) is 26.2 Å². The van der Waals surface area contributed by atoms with Gasteiger partial charge in [0.1, 0.15) is 0 Å². The smallest absolute Gasteiger partial charge is 0.184 e. The first-order chi connectivity index (χ1) is 15.3. The molecule has 6 N–H and O–H groups in total. The summed E-state index contributed by atoms with van der Waals surface area (Å²) < 4.78 is 0. The lowest BCUT2D eigenvalue weighted by molar-refractivity contribution is 0.258. The Hall–Kier alpha value is -2.66. The summed E-state index contributed by atoms with van der Waals surface area (Å²) in [6.45, 7) is 2.72. The van der Waals surface area contributed by atoms with E-state index in [2.05, 4.69) is 30.9 Å². The molecule has 3 rings (SSSR count). The van der Waals surface area contributed by atoms with Crippen LogP contribution in [-0.2, 0) is 0 Å². The van der Waals surface area contributed by atoms with Crippen LogP contribution in [0.25, 0.3) is 0 Å². The Morgan fingerprint density at radius 3 is 1.28 bits per heavy atom. The van der Waals surface area contributed by atoms with Crippen molar-refractivity contribution < 1.29 is 0 Å². The first-order valence-electron chi connectivity index (χ1n) is 9.61. The number of hydrazone groups is 2. The number of benzene rings is 2. The third kappa shape index (κ3) is 6.67. The number of halogens is 2. The van der Waals surface area contributed by atoms with Gasteiger partial charge in [-0.05, 0) is 73.0 Å². The maximum Gasteiger partial charge on any atom is 0.184 e. The van der Waals surface area contributed by atoms with Gasteiger partial charge in [-0.1, -0.05) is 23.2 Å². The van der Waals surface area contributed by atoms with Gasteiger partial charge in [0.15, 0.2) is 21.9 Å². The molecule has 0 atom stereocenters. The number of hydrogen-bond donors (Lipinski definition) is 4. The van der Waals surface area contributed by atoms with Crippen molar-refractivity contribution in [2.24, 2.45) is 21.7 Å². The second-order valence-corrected chi connectivity index (χ2v) is 8.56. The van der Waals surface area contributed by atoms with Crippen molar-refractivity contribution in [1.82, 2.24) is 20.7 Å². The largest absolute Gasteiger partial charge is 0.375 e. The lowest BCUT2D eigenvalue weighted by Gasteiger charge is -2.38. The fourth-order valence-corrected chi connectivity index (χ4v) is 3.52. The molecule has 0 spiro atoms. The number of thiocarbonyl (C=S) groups is 2. The van der Waals surface area contributed by atoms with Crippen LogP contribution in [0.1, 0.15) is 11.1 Å². The Bertz CT molecular complexity index is 933. The van der Waals surface area contributed by atoms with Crippen LogP contribution in [0, 0.1) is 0 Å². The topological polar surface area (TPSA) is 107 Å². The molecule has 0 aliphatic carbocycles. The van der Waals surface area contributed by atoms with E-state index in [1.54, 1.807) is 0 Å². The van der Waals surface area contributed by atoms with E-state index in [0.29, 0.717) is 36.2 Å². The molecule has 2 aromatic carbocycles.